The van der Waals surface area contributed by atoms with E-state index in [1.807, 2.05) is 30.3 Å². The summed E-state index contributed by atoms with van der Waals surface area (Å²) in [5, 5.41) is 3.81. The normalized spacial score (nSPS) is 22.1. The number of sulfone groups is 1. The van der Waals surface area contributed by atoms with Crippen LogP contribution in [0.5, 0.6) is 0 Å². The van der Waals surface area contributed by atoms with E-state index in [1.165, 1.54) is 6.21 Å². The summed E-state index contributed by atoms with van der Waals surface area (Å²) in [6.45, 7) is 0. The highest BCUT2D eigenvalue weighted by atomic mass is 32.2. The molecule has 1 aromatic rings. The molecule has 0 saturated carbocycles. The molecule has 0 aliphatic carbocycles. The number of carbonyl (C=O) groups is 1. The number of rotatable bonds is 3. The fourth-order valence-corrected chi connectivity index (χ4v) is 3.54. The standard InChI is InChI=1S/C12H14N2O3S/c15-12(11-6-7-18(16,17)9-11)14-13-8-10-4-2-1-3-5-10/h1-5,8,11H,6-7,9H2,(H,14,15)/b13-8-/t11-/m1/s1. The fraction of sp³-hybridized carbons (Fsp3) is 0.333. The van der Waals surface area contributed by atoms with Crippen molar-refractivity contribution in [3.05, 3.63) is 35.9 Å². The van der Waals surface area contributed by atoms with Crippen molar-refractivity contribution in [2.75, 3.05) is 11.5 Å². The molecule has 1 fully saturated rings. The van der Waals surface area contributed by atoms with Gasteiger partial charge in [0, 0.05) is 0 Å². The Morgan fingerprint density at radius 2 is 2.06 bits per heavy atom. The lowest BCUT2D eigenvalue weighted by molar-refractivity contribution is -0.124. The average molecular weight is 266 g/mol. The highest BCUT2D eigenvalue weighted by Gasteiger charge is 2.32. The van der Waals surface area contributed by atoms with Gasteiger partial charge in [-0.15, -0.1) is 0 Å². The van der Waals surface area contributed by atoms with Gasteiger partial charge in [0.05, 0.1) is 23.6 Å². The second kappa shape index (κ2) is 5.30. The molecule has 0 unspecified atom stereocenters. The first-order valence-electron chi connectivity index (χ1n) is 5.65. The zero-order valence-corrected chi connectivity index (χ0v) is 10.6. The Morgan fingerprint density at radius 1 is 1.33 bits per heavy atom. The smallest absolute Gasteiger partial charge is 0.244 e. The third-order valence-electron chi connectivity index (χ3n) is 2.79. The molecule has 96 valence electrons. The van der Waals surface area contributed by atoms with E-state index in [1.54, 1.807) is 0 Å². The van der Waals surface area contributed by atoms with Crippen molar-refractivity contribution >= 4 is 22.0 Å². The van der Waals surface area contributed by atoms with E-state index < -0.39 is 15.8 Å². The first kappa shape index (κ1) is 12.8. The minimum absolute atomic E-state index is 0.0698. The van der Waals surface area contributed by atoms with E-state index in [4.69, 9.17) is 0 Å². The van der Waals surface area contributed by atoms with Crippen molar-refractivity contribution in [3.8, 4) is 0 Å². The lowest BCUT2D eigenvalue weighted by Gasteiger charge is -2.04. The van der Waals surface area contributed by atoms with Crippen molar-refractivity contribution in [3.63, 3.8) is 0 Å². The molecule has 6 heteroatoms. The van der Waals surface area contributed by atoms with Gasteiger partial charge < -0.3 is 0 Å². The van der Waals surface area contributed by atoms with Crippen molar-refractivity contribution in [2.24, 2.45) is 11.0 Å². The molecule has 0 spiro atoms. The van der Waals surface area contributed by atoms with Crippen molar-refractivity contribution in [2.45, 2.75) is 6.42 Å². The number of amides is 1. The van der Waals surface area contributed by atoms with Crippen LogP contribution in [0, 0.1) is 5.92 Å². The van der Waals surface area contributed by atoms with Crippen LogP contribution in [0.15, 0.2) is 35.4 Å². The first-order chi connectivity index (χ1) is 8.57. The molecule has 2 rings (SSSR count). The average Bonchev–Trinajstić information content (AvgIpc) is 2.71. The van der Waals surface area contributed by atoms with Crippen LogP contribution in [0.2, 0.25) is 0 Å². The molecule has 1 N–H and O–H groups in total. The van der Waals surface area contributed by atoms with Gasteiger partial charge in [0.15, 0.2) is 9.84 Å². The number of nitrogens with zero attached hydrogens (tertiary/aromatic N) is 1. The molecule has 1 amide bonds. The molecule has 0 bridgehead atoms. The molecule has 1 aromatic carbocycles. The summed E-state index contributed by atoms with van der Waals surface area (Å²) in [7, 11) is -3.03. The Kier molecular flexibility index (Phi) is 3.76. The van der Waals surface area contributed by atoms with E-state index >= 15 is 0 Å². The van der Waals surface area contributed by atoms with Crippen LogP contribution in [0.3, 0.4) is 0 Å². The van der Waals surface area contributed by atoms with Gasteiger partial charge in [-0.3, -0.25) is 4.79 Å². The van der Waals surface area contributed by atoms with Crippen LogP contribution >= 0.6 is 0 Å². The maximum absolute atomic E-state index is 11.6. The topological polar surface area (TPSA) is 75.6 Å². The number of benzene rings is 1. The van der Waals surface area contributed by atoms with Crippen LogP contribution < -0.4 is 5.43 Å². The highest BCUT2D eigenvalue weighted by Crippen LogP contribution is 2.18. The molecule has 1 saturated heterocycles. The summed E-state index contributed by atoms with van der Waals surface area (Å²) in [6, 6.07) is 9.34. The summed E-state index contributed by atoms with van der Waals surface area (Å²) in [5.41, 5.74) is 3.25. The summed E-state index contributed by atoms with van der Waals surface area (Å²) in [4.78, 5) is 11.6. The number of hydrogen-bond donors (Lipinski definition) is 1. The lowest BCUT2D eigenvalue weighted by atomic mass is 10.1. The van der Waals surface area contributed by atoms with Crippen LogP contribution in [0.25, 0.3) is 0 Å². The second-order valence-corrected chi connectivity index (χ2v) is 6.47. The molecule has 0 radical (unpaired) electrons. The summed E-state index contributed by atoms with van der Waals surface area (Å²) in [6.07, 6.45) is 1.91. The molecule has 0 aromatic heterocycles. The van der Waals surface area contributed by atoms with Gasteiger partial charge in [-0.2, -0.15) is 5.10 Å². The number of hydrogen-bond acceptors (Lipinski definition) is 4. The first-order valence-corrected chi connectivity index (χ1v) is 7.47. The minimum Gasteiger partial charge on any atom is -0.273 e. The van der Waals surface area contributed by atoms with Crippen LogP contribution in [0.4, 0.5) is 0 Å². The molecule has 1 aliphatic rings. The Labute approximate surface area is 106 Å². The Hall–Kier alpha value is -1.69. The molecule has 5 nitrogen and oxygen atoms in total. The minimum atomic E-state index is -3.03. The zero-order valence-electron chi connectivity index (χ0n) is 9.74. The van der Waals surface area contributed by atoms with Gasteiger partial charge in [-0.05, 0) is 12.0 Å². The predicted molar refractivity (Wildman–Crippen MR) is 68.9 cm³/mol. The number of carbonyl (C=O) groups excluding carboxylic acids is 1. The number of nitrogens with one attached hydrogen (secondary N) is 1. The molecular weight excluding hydrogens is 252 g/mol. The maximum Gasteiger partial charge on any atom is 0.244 e. The summed E-state index contributed by atoms with van der Waals surface area (Å²) < 4.78 is 22.4. The Bertz CT molecular complexity index is 552. The molecule has 18 heavy (non-hydrogen) atoms. The lowest BCUT2D eigenvalue weighted by Crippen LogP contribution is -2.27. The Morgan fingerprint density at radius 3 is 2.67 bits per heavy atom. The van der Waals surface area contributed by atoms with Gasteiger partial charge in [-0.1, -0.05) is 30.3 Å². The molecule has 1 heterocycles. The van der Waals surface area contributed by atoms with Crippen molar-refractivity contribution in [1.82, 2.24) is 5.43 Å². The number of hydrazone groups is 1. The summed E-state index contributed by atoms with van der Waals surface area (Å²) in [5.74, 6) is -0.779. The zero-order chi connectivity index (χ0) is 13.0. The van der Waals surface area contributed by atoms with Crippen molar-refractivity contribution in [1.29, 1.82) is 0 Å². The fourth-order valence-electron chi connectivity index (χ4n) is 1.80. The van der Waals surface area contributed by atoms with Gasteiger partial charge in [0.1, 0.15) is 0 Å². The predicted octanol–water partition coefficient (Wildman–Crippen LogP) is 0.571. The Balaban J connectivity index is 1.88. The van der Waals surface area contributed by atoms with E-state index in [-0.39, 0.29) is 17.4 Å². The van der Waals surface area contributed by atoms with E-state index in [2.05, 4.69) is 10.5 Å². The monoisotopic (exact) mass is 266 g/mol. The van der Waals surface area contributed by atoms with E-state index in [0.29, 0.717) is 6.42 Å². The van der Waals surface area contributed by atoms with Crippen molar-refractivity contribution < 1.29 is 13.2 Å². The highest BCUT2D eigenvalue weighted by molar-refractivity contribution is 7.91. The second-order valence-electron chi connectivity index (χ2n) is 4.24. The van der Waals surface area contributed by atoms with Crippen LogP contribution in [-0.4, -0.2) is 32.0 Å². The summed E-state index contributed by atoms with van der Waals surface area (Å²) >= 11 is 0. The van der Waals surface area contributed by atoms with Crippen LogP contribution in [0.1, 0.15) is 12.0 Å². The van der Waals surface area contributed by atoms with Gasteiger partial charge >= 0.3 is 0 Å². The van der Waals surface area contributed by atoms with Crippen LogP contribution in [-0.2, 0) is 14.6 Å². The molecular formula is C12H14N2O3S. The quantitative estimate of drug-likeness (QED) is 0.642. The van der Waals surface area contributed by atoms with E-state index in [9.17, 15) is 13.2 Å². The molecule has 1 atom stereocenters. The molecule has 1 aliphatic heterocycles. The largest absolute Gasteiger partial charge is 0.273 e. The maximum atomic E-state index is 11.6. The van der Waals surface area contributed by atoms with Gasteiger partial charge in [0.25, 0.3) is 0 Å². The SMILES string of the molecule is O=C(N/N=C\c1ccccc1)[C@@H]1CCS(=O)(=O)C1. The van der Waals surface area contributed by atoms with E-state index in [0.717, 1.165) is 5.56 Å². The van der Waals surface area contributed by atoms with Gasteiger partial charge in [-0.25, -0.2) is 13.8 Å². The third-order valence-corrected chi connectivity index (χ3v) is 4.56. The third kappa shape index (κ3) is 3.40. The van der Waals surface area contributed by atoms with Gasteiger partial charge in [0.2, 0.25) is 5.91 Å².